The molecule has 6 nitrogen and oxygen atoms in total. The Morgan fingerprint density at radius 2 is 0.968 bits per heavy atom. The van der Waals surface area contributed by atoms with E-state index in [1.54, 1.807) is 0 Å². The van der Waals surface area contributed by atoms with Crippen LogP contribution in [-0.2, 0) is 10.3 Å². The predicted molar refractivity (Wildman–Crippen MR) is 269 cm³/mol. The fourth-order valence-corrected chi connectivity index (χ4v) is 9.79. The van der Waals surface area contributed by atoms with Crippen LogP contribution in [0.25, 0.3) is 11.1 Å². The van der Waals surface area contributed by atoms with Gasteiger partial charge in [-0.2, -0.15) is 0 Å². The molecular formula is C52H56Br3ClN2O4. The molecule has 62 heavy (non-hydrogen) atoms. The lowest BCUT2D eigenvalue weighted by Crippen LogP contribution is -2.23. The number of carbonyl (C=O) groups excluding carboxylic acids is 1. The first-order valence-electron chi connectivity index (χ1n) is 21.4. The molecule has 1 aliphatic rings. The Hall–Kier alpha value is -4.02. The van der Waals surface area contributed by atoms with Gasteiger partial charge in [-0.05, 0) is 155 Å². The van der Waals surface area contributed by atoms with Crippen molar-refractivity contribution in [1.29, 1.82) is 0 Å². The van der Waals surface area contributed by atoms with E-state index >= 15 is 0 Å². The number of unbranched alkanes of at least 4 members (excludes halogenated alkanes) is 6. The summed E-state index contributed by atoms with van der Waals surface area (Å²) in [7, 11) is 8.10. The minimum atomic E-state index is -1.47. The van der Waals surface area contributed by atoms with Crippen molar-refractivity contribution in [3.63, 3.8) is 0 Å². The summed E-state index contributed by atoms with van der Waals surface area (Å²) in [4.78, 5) is 18.6. The number of halogens is 4. The molecule has 1 aliphatic heterocycles. The molecule has 0 spiro atoms. The van der Waals surface area contributed by atoms with Gasteiger partial charge in [-0.15, -0.1) is 0 Å². The summed E-state index contributed by atoms with van der Waals surface area (Å²) in [5.41, 5.74) is 7.08. The predicted octanol–water partition coefficient (Wildman–Crippen LogP) is 15.3. The highest BCUT2D eigenvalue weighted by Crippen LogP contribution is 2.54. The zero-order chi connectivity index (χ0) is 44.4. The smallest absolute Gasteiger partial charge is 0.341 e. The molecule has 0 saturated carbocycles. The standard InChI is InChI=1S/C52H56Br3ClN2O4/c1-7-9-11-13-31-60-41-27-19-37(20-28-41)43(35-15-23-39(24-16-35)57(3)4)33-52(46-45(51(59)62-52)47(53)49(55)50(56)48(46)54)34-44(36-17-25-40(26-18-36)58(5)6)38-21-29-42(30-22-38)61-32-14-12-10-8-2/h15-30,33-34H,7-14,31-32H2,1-6H3. The van der Waals surface area contributed by atoms with Crippen LogP contribution < -0.4 is 19.3 Å². The van der Waals surface area contributed by atoms with Gasteiger partial charge in [0.25, 0.3) is 0 Å². The van der Waals surface area contributed by atoms with Crippen molar-refractivity contribution < 1.29 is 19.0 Å². The molecule has 0 saturated heterocycles. The van der Waals surface area contributed by atoms with Gasteiger partial charge in [0, 0.05) is 54.1 Å². The summed E-state index contributed by atoms with van der Waals surface area (Å²) in [6.07, 6.45) is 13.2. The molecule has 0 bridgehead atoms. The Balaban J connectivity index is 1.60. The van der Waals surface area contributed by atoms with E-state index in [1.165, 1.54) is 25.7 Å². The first-order chi connectivity index (χ1) is 29.9. The van der Waals surface area contributed by atoms with Crippen molar-refractivity contribution in [2.45, 2.75) is 70.8 Å². The molecule has 6 rings (SSSR count). The zero-order valence-electron chi connectivity index (χ0n) is 36.5. The molecule has 0 radical (unpaired) electrons. The van der Waals surface area contributed by atoms with Gasteiger partial charge in [-0.3, -0.25) is 0 Å². The maximum absolute atomic E-state index is 14.4. The monoisotopic (exact) mass is 1040 g/mol. The van der Waals surface area contributed by atoms with Crippen LogP contribution in [0.3, 0.4) is 0 Å². The lowest BCUT2D eigenvalue weighted by Gasteiger charge is -2.28. The first kappa shape index (κ1) is 47.5. The second-order valence-electron chi connectivity index (χ2n) is 16.1. The minimum absolute atomic E-state index is 0.379. The van der Waals surface area contributed by atoms with Crippen molar-refractivity contribution in [2.75, 3.05) is 51.2 Å². The summed E-state index contributed by atoms with van der Waals surface area (Å²) < 4.78 is 20.8. The lowest BCUT2D eigenvalue weighted by molar-refractivity contribution is 0.0298. The second kappa shape index (κ2) is 22.1. The molecule has 0 atom stereocenters. The van der Waals surface area contributed by atoms with E-state index in [-0.39, 0.29) is 0 Å². The number of esters is 1. The number of ether oxygens (including phenoxy) is 3. The Labute approximate surface area is 398 Å². The SMILES string of the molecule is CCCCCCOc1ccc(C(=CC2(C=C(c3ccc(OCCCCCC)cc3)c3ccc(N(C)C)cc3)OC(=O)c3c(Br)c(Br)c(Cl)c(Br)c32)c2ccc(N(C)C)cc2)cc1. The maximum atomic E-state index is 14.4. The van der Waals surface area contributed by atoms with Crippen LogP contribution in [0.2, 0.25) is 5.02 Å². The van der Waals surface area contributed by atoms with E-state index in [2.05, 4.69) is 156 Å². The molecule has 0 amide bonds. The molecule has 0 aliphatic carbocycles. The zero-order valence-corrected chi connectivity index (χ0v) is 42.0. The summed E-state index contributed by atoms with van der Waals surface area (Å²) in [5, 5.41) is 0.412. The molecule has 5 aromatic rings. The summed E-state index contributed by atoms with van der Waals surface area (Å²) in [5.74, 6) is 1.13. The fourth-order valence-electron chi connectivity index (χ4n) is 7.56. The molecule has 0 N–H and O–H groups in total. The summed E-state index contributed by atoms with van der Waals surface area (Å²) in [6.45, 7) is 5.75. The molecule has 0 unspecified atom stereocenters. The third-order valence-electron chi connectivity index (χ3n) is 11.1. The van der Waals surface area contributed by atoms with Gasteiger partial charge in [0.15, 0.2) is 5.60 Å². The van der Waals surface area contributed by atoms with Crippen molar-refractivity contribution in [3.05, 3.63) is 161 Å². The van der Waals surface area contributed by atoms with Crippen LogP contribution in [0.5, 0.6) is 11.5 Å². The lowest BCUT2D eigenvalue weighted by atomic mass is 9.83. The van der Waals surface area contributed by atoms with Crippen molar-refractivity contribution in [2.24, 2.45) is 0 Å². The van der Waals surface area contributed by atoms with Crippen molar-refractivity contribution >= 4 is 87.9 Å². The van der Waals surface area contributed by atoms with Crippen LogP contribution in [0.15, 0.2) is 123 Å². The highest BCUT2D eigenvalue weighted by atomic mass is 79.9. The number of anilines is 2. The number of cyclic esters (lactones) is 1. The number of fused-ring (bicyclic) bond motifs is 1. The number of rotatable bonds is 20. The summed E-state index contributed by atoms with van der Waals surface area (Å²) >= 11 is 18.3. The topological polar surface area (TPSA) is 51.2 Å². The highest BCUT2D eigenvalue weighted by Gasteiger charge is 2.48. The molecule has 1 heterocycles. The van der Waals surface area contributed by atoms with Gasteiger partial charge in [-0.1, -0.05) is 113 Å². The Bertz CT molecular complexity index is 2240. The van der Waals surface area contributed by atoms with E-state index in [1.807, 2.05) is 52.5 Å². The van der Waals surface area contributed by atoms with Gasteiger partial charge in [-0.25, -0.2) is 4.79 Å². The van der Waals surface area contributed by atoms with Crippen molar-refractivity contribution in [3.8, 4) is 11.5 Å². The van der Waals surface area contributed by atoms with E-state index in [0.717, 1.165) is 82.0 Å². The van der Waals surface area contributed by atoms with Crippen LogP contribution in [0.4, 0.5) is 11.4 Å². The van der Waals surface area contributed by atoms with Gasteiger partial charge >= 0.3 is 5.97 Å². The number of hydrogen-bond donors (Lipinski definition) is 0. The second-order valence-corrected chi connectivity index (χ2v) is 18.8. The molecule has 10 heteroatoms. The molecular weight excluding hydrogens is 992 g/mol. The quantitative estimate of drug-likeness (QED) is 0.0335. The number of benzene rings is 5. The Morgan fingerprint density at radius 1 is 0.581 bits per heavy atom. The molecule has 5 aromatic carbocycles. The van der Waals surface area contributed by atoms with E-state index in [0.29, 0.717) is 42.8 Å². The van der Waals surface area contributed by atoms with Gasteiger partial charge in [0.1, 0.15) is 11.5 Å². The van der Waals surface area contributed by atoms with E-state index in [9.17, 15) is 4.79 Å². The first-order valence-corrected chi connectivity index (χ1v) is 24.2. The third kappa shape index (κ3) is 11.2. The largest absolute Gasteiger partial charge is 0.494 e. The van der Waals surface area contributed by atoms with Gasteiger partial charge < -0.3 is 24.0 Å². The number of nitrogens with zero attached hydrogens (tertiary/aromatic N) is 2. The molecule has 326 valence electrons. The molecule has 0 fully saturated rings. The fraction of sp³-hybridized carbons (Fsp3) is 0.327. The normalized spacial score (nSPS) is 15.0. The van der Waals surface area contributed by atoms with Crippen LogP contribution >= 0.6 is 59.4 Å². The van der Waals surface area contributed by atoms with E-state index in [4.69, 9.17) is 25.8 Å². The third-order valence-corrected chi connectivity index (χ3v) is 14.8. The minimum Gasteiger partial charge on any atom is -0.494 e. The van der Waals surface area contributed by atoms with Gasteiger partial charge in [0.2, 0.25) is 0 Å². The highest BCUT2D eigenvalue weighted by molar-refractivity contribution is 9.13. The van der Waals surface area contributed by atoms with Crippen LogP contribution in [0.1, 0.15) is 103 Å². The van der Waals surface area contributed by atoms with Crippen LogP contribution in [-0.4, -0.2) is 47.4 Å². The van der Waals surface area contributed by atoms with E-state index < -0.39 is 11.6 Å². The maximum Gasteiger partial charge on any atom is 0.341 e. The molecule has 0 aromatic heterocycles. The average Bonchev–Trinajstić information content (AvgIpc) is 3.57. The Kier molecular flexibility index (Phi) is 16.9. The van der Waals surface area contributed by atoms with Gasteiger partial charge in [0.05, 0.1) is 28.3 Å². The number of hydrogen-bond acceptors (Lipinski definition) is 6. The van der Waals surface area contributed by atoms with Crippen LogP contribution in [0, 0.1) is 0 Å². The van der Waals surface area contributed by atoms with Crippen molar-refractivity contribution in [1.82, 2.24) is 0 Å². The summed E-state index contributed by atoms with van der Waals surface area (Å²) in [6, 6.07) is 33.2. The number of carbonyl (C=O) groups is 1. The Morgan fingerprint density at radius 3 is 1.34 bits per heavy atom. The average molecular weight is 1050 g/mol.